The van der Waals surface area contributed by atoms with Crippen molar-refractivity contribution in [3.05, 3.63) is 45.6 Å². The van der Waals surface area contributed by atoms with Crippen LogP contribution in [0.3, 0.4) is 0 Å². The molecule has 0 aliphatic heterocycles. The molecule has 0 unspecified atom stereocenters. The molecule has 0 bridgehead atoms. The fourth-order valence-electron chi connectivity index (χ4n) is 1.55. The van der Waals surface area contributed by atoms with Crippen LogP contribution in [0.4, 0.5) is 0 Å². The summed E-state index contributed by atoms with van der Waals surface area (Å²) in [6, 6.07) is 7.00. The Hall–Kier alpha value is -2.26. The molecule has 1 aromatic carbocycles. The summed E-state index contributed by atoms with van der Waals surface area (Å²) in [7, 11) is 0. The van der Waals surface area contributed by atoms with Gasteiger partial charge >= 0.3 is 5.69 Å². The van der Waals surface area contributed by atoms with Crippen molar-refractivity contribution in [2.75, 3.05) is 0 Å². The molecule has 2 heterocycles. The van der Waals surface area contributed by atoms with E-state index in [-0.39, 0.29) is 0 Å². The highest BCUT2D eigenvalue weighted by atomic mass is 35.5. The van der Waals surface area contributed by atoms with Gasteiger partial charge in [-0.15, -0.1) is 10.2 Å². The van der Waals surface area contributed by atoms with Gasteiger partial charge in [-0.05, 0) is 24.3 Å². The molecule has 0 aliphatic carbocycles. The number of hydrogen-bond donors (Lipinski definition) is 2. The molecule has 0 spiro atoms. The van der Waals surface area contributed by atoms with E-state index in [2.05, 4.69) is 35.6 Å². The maximum atomic E-state index is 11.6. The summed E-state index contributed by atoms with van der Waals surface area (Å²) in [5.41, 5.74) is 0.283. The van der Waals surface area contributed by atoms with E-state index in [9.17, 15) is 4.79 Å². The average Bonchev–Trinajstić information content (AvgIpc) is 2.99. The SMILES string of the molecule is O=c1nc(SCc2nn[nH]n2)nc(-c2ccc(Cl)cc2)[nH]1. The lowest BCUT2D eigenvalue weighted by Gasteiger charge is -2.02. The Morgan fingerprint density at radius 2 is 2.00 bits per heavy atom. The van der Waals surface area contributed by atoms with Gasteiger partial charge in [0.1, 0.15) is 5.82 Å². The van der Waals surface area contributed by atoms with Crippen LogP contribution in [0, 0.1) is 0 Å². The van der Waals surface area contributed by atoms with Gasteiger partial charge in [0.25, 0.3) is 0 Å². The zero-order valence-electron chi connectivity index (χ0n) is 10.4. The second kappa shape index (κ2) is 6.02. The Morgan fingerprint density at radius 1 is 1.19 bits per heavy atom. The van der Waals surface area contributed by atoms with E-state index in [1.165, 1.54) is 11.8 Å². The molecule has 0 atom stereocenters. The number of H-pyrrole nitrogens is 2. The van der Waals surface area contributed by atoms with Crippen LogP contribution < -0.4 is 5.69 Å². The van der Waals surface area contributed by atoms with E-state index in [0.29, 0.717) is 27.6 Å². The maximum Gasteiger partial charge on any atom is 0.349 e. The van der Waals surface area contributed by atoms with Gasteiger partial charge in [0.05, 0.1) is 5.75 Å². The molecule has 2 aromatic heterocycles. The van der Waals surface area contributed by atoms with Gasteiger partial charge < -0.3 is 0 Å². The van der Waals surface area contributed by atoms with Crippen LogP contribution in [0.1, 0.15) is 5.82 Å². The minimum atomic E-state index is -0.467. The normalized spacial score (nSPS) is 10.7. The Balaban J connectivity index is 1.85. The number of aromatic nitrogens is 7. The van der Waals surface area contributed by atoms with Gasteiger partial charge in [-0.2, -0.15) is 10.2 Å². The molecule has 8 nitrogen and oxygen atoms in total. The zero-order chi connectivity index (χ0) is 14.7. The van der Waals surface area contributed by atoms with Crippen molar-refractivity contribution in [1.29, 1.82) is 0 Å². The van der Waals surface area contributed by atoms with Crippen LogP contribution in [0.5, 0.6) is 0 Å². The Morgan fingerprint density at radius 3 is 2.71 bits per heavy atom. The van der Waals surface area contributed by atoms with Gasteiger partial charge in [0.15, 0.2) is 11.0 Å². The molecule has 21 heavy (non-hydrogen) atoms. The van der Waals surface area contributed by atoms with E-state index in [0.717, 1.165) is 5.56 Å². The molecule has 0 amide bonds. The predicted molar refractivity (Wildman–Crippen MR) is 76.8 cm³/mol. The summed E-state index contributed by atoms with van der Waals surface area (Å²) in [5, 5.41) is 14.4. The molecule has 0 fully saturated rings. The van der Waals surface area contributed by atoms with Gasteiger partial charge in [-0.25, -0.2) is 9.78 Å². The molecule has 0 radical (unpaired) electrons. The minimum absolute atomic E-state index is 0.341. The third-order valence-electron chi connectivity index (χ3n) is 2.47. The lowest BCUT2D eigenvalue weighted by atomic mass is 10.2. The standard InChI is InChI=1S/C11H8ClN7OS/c12-7-3-1-6(2-4-7)9-13-10(20)15-11(14-9)21-5-8-16-18-19-17-8/h1-4H,5H2,(H,13,14,15,20)(H,16,17,18,19). The van der Waals surface area contributed by atoms with Crippen LogP contribution >= 0.6 is 23.4 Å². The number of halogens is 1. The first-order valence-corrected chi connectivity index (χ1v) is 7.16. The Bertz CT molecular complexity index is 787. The Labute approximate surface area is 127 Å². The summed E-state index contributed by atoms with van der Waals surface area (Å²) >= 11 is 7.09. The van der Waals surface area contributed by atoms with E-state index >= 15 is 0 Å². The third kappa shape index (κ3) is 3.44. The van der Waals surface area contributed by atoms with Crippen LogP contribution in [0.15, 0.2) is 34.2 Å². The van der Waals surface area contributed by atoms with E-state index in [1.54, 1.807) is 24.3 Å². The summed E-state index contributed by atoms with van der Waals surface area (Å²) in [6.45, 7) is 0. The second-order valence-electron chi connectivity index (χ2n) is 3.91. The van der Waals surface area contributed by atoms with Crippen molar-refractivity contribution < 1.29 is 0 Å². The third-order valence-corrected chi connectivity index (χ3v) is 3.56. The first-order valence-electron chi connectivity index (χ1n) is 5.80. The predicted octanol–water partition coefficient (Wildman–Crippen LogP) is 1.29. The molecule has 3 rings (SSSR count). The number of aromatic amines is 2. The minimum Gasteiger partial charge on any atom is -0.290 e. The van der Waals surface area contributed by atoms with Crippen molar-refractivity contribution in [3.8, 4) is 11.4 Å². The summed E-state index contributed by atoms with van der Waals surface area (Å²) < 4.78 is 0. The highest BCUT2D eigenvalue weighted by Gasteiger charge is 2.08. The van der Waals surface area contributed by atoms with Gasteiger partial charge in [0, 0.05) is 10.6 Å². The van der Waals surface area contributed by atoms with Crippen LogP contribution in [0.25, 0.3) is 11.4 Å². The summed E-state index contributed by atoms with van der Waals surface area (Å²) in [4.78, 5) is 22.3. The monoisotopic (exact) mass is 321 g/mol. The number of benzene rings is 1. The lowest BCUT2D eigenvalue weighted by Crippen LogP contribution is -2.14. The number of tetrazole rings is 1. The first-order chi connectivity index (χ1) is 10.2. The van der Waals surface area contributed by atoms with Crippen LogP contribution in [0.2, 0.25) is 5.02 Å². The second-order valence-corrected chi connectivity index (χ2v) is 5.29. The number of nitrogens with zero attached hydrogens (tertiary/aromatic N) is 5. The Kier molecular flexibility index (Phi) is 3.93. The smallest absolute Gasteiger partial charge is 0.290 e. The molecule has 0 saturated heterocycles. The molecule has 0 saturated carbocycles. The number of nitrogens with one attached hydrogen (secondary N) is 2. The highest BCUT2D eigenvalue weighted by Crippen LogP contribution is 2.20. The van der Waals surface area contributed by atoms with E-state index in [4.69, 9.17) is 11.6 Å². The van der Waals surface area contributed by atoms with Crippen molar-refractivity contribution >= 4 is 23.4 Å². The van der Waals surface area contributed by atoms with Gasteiger partial charge in [-0.1, -0.05) is 28.6 Å². The van der Waals surface area contributed by atoms with Crippen molar-refractivity contribution in [3.63, 3.8) is 0 Å². The molecule has 2 N–H and O–H groups in total. The molecule has 0 aliphatic rings. The van der Waals surface area contributed by atoms with Crippen molar-refractivity contribution in [2.45, 2.75) is 10.9 Å². The number of rotatable bonds is 4. The largest absolute Gasteiger partial charge is 0.349 e. The quantitative estimate of drug-likeness (QED) is 0.696. The molecular formula is C11H8ClN7OS. The summed E-state index contributed by atoms with van der Waals surface area (Å²) in [6.07, 6.45) is 0. The van der Waals surface area contributed by atoms with Crippen LogP contribution in [-0.2, 0) is 5.75 Å². The average molecular weight is 322 g/mol. The zero-order valence-corrected chi connectivity index (χ0v) is 12.0. The fourth-order valence-corrected chi connectivity index (χ4v) is 2.36. The number of thioether (sulfide) groups is 1. The maximum absolute atomic E-state index is 11.6. The molecule has 10 heteroatoms. The summed E-state index contributed by atoms with van der Waals surface area (Å²) in [5.74, 6) is 1.36. The molecular weight excluding hydrogens is 314 g/mol. The van der Waals surface area contributed by atoms with Gasteiger partial charge in [0.2, 0.25) is 0 Å². The van der Waals surface area contributed by atoms with Crippen molar-refractivity contribution in [2.24, 2.45) is 0 Å². The fraction of sp³-hybridized carbons (Fsp3) is 0.0909. The lowest BCUT2D eigenvalue weighted by molar-refractivity contribution is 0.868. The molecule has 106 valence electrons. The highest BCUT2D eigenvalue weighted by molar-refractivity contribution is 7.98. The van der Waals surface area contributed by atoms with Crippen LogP contribution in [-0.4, -0.2) is 35.6 Å². The number of hydrogen-bond acceptors (Lipinski definition) is 7. The van der Waals surface area contributed by atoms with E-state index < -0.39 is 5.69 Å². The van der Waals surface area contributed by atoms with E-state index in [1.807, 2.05) is 0 Å². The first kappa shape index (κ1) is 13.7. The van der Waals surface area contributed by atoms with Crippen molar-refractivity contribution in [1.82, 2.24) is 35.6 Å². The topological polar surface area (TPSA) is 113 Å². The molecule has 3 aromatic rings. The van der Waals surface area contributed by atoms with Gasteiger partial charge in [-0.3, -0.25) is 4.98 Å².